The summed E-state index contributed by atoms with van der Waals surface area (Å²) in [5, 5.41) is 11.2. The average molecular weight is 358 g/mol. The van der Waals surface area contributed by atoms with Gasteiger partial charge in [-0.2, -0.15) is 0 Å². The van der Waals surface area contributed by atoms with Crippen molar-refractivity contribution in [1.82, 2.24) is 0 Å². The maximum atomic E-state index is 11.7. The fourth-order valence-electron chi connectivity index (χ4n) is 2.24. The summed E-state index contributed by atoms with van der Waals surface area (Å²) in [7, 11) is 0. The van der Waals surface area contributed by atoms with Crippen molar-refractivity contribution in [2.75, 3.05) is 13.2 Å². The molecule has 0 bridgehead atoms. The van der Waals surface area contributed by atoms with Crippen molar-refractivity contribution in [3.63, 3.8) is 0 Å². The molecule has 0 aliphatic carbocycles. The summed E-state index contributed by atoms with van der Waals surface area (Å²) < 4.78 is 11.6. The van der Waals surface area contributed by atoms with E-state index in [-0.39, 0.29) is 35.5 Å². The van der Waals surface area contributed by atoms with Gasteiger partial charge in [-0.05, 0) is 32.3 Å². The van der Waals surface area contributed by atoms with Gasteiger partial charge in [0.1, 0.15) is 6.61 Å². The van der Waals surface area contributed by atoms with E-state index in [1.807, 2.05) is 0 Å². The molecule has 2 rings (SSSR count). The third-order valence-electron chi connectivity index (χ3n) is 3.30. The molecule has 1 atom stereocenters. The highest BCUT2D eigenvalue weighted by Crippen LogP contribution is 2.35. The van der Waals surface area contributed by atoms with Crippen LogP contribution in [-0.4, -0.2) is 30.0 Å². The van der Waals surface area contributed by atoms with Gasteiger partial charge in [-0.1, -0.05) is 15.9 Å². The summed E-state index contributed by atoms with van der Waals surface area (Å²) in [6.45, 7) is 2.24. The number of halogens is 1. The number of Topliss-reactive ketones (excluding diaryl/α,β-unsaturated/α-hetero) is 1. The third kappa shape index (κ3) is 4.01. The number of hydrogen-bond donors (Lipinski definition) is 0. The van der Waals surface area contributed by atoms with Gasteiger partial charge in [0.15, 0.2) is 5.78 Å². The summed E-state index contributed by atoms with van der Waals surface area (Å²) in [5.74, 6) is -0.260. The van der Waals surface area contributed by atoms with Gasteiger partial charge in [0.25, 0.3) is 0 Å². The normalized spacial score (nSPS) is 18.3. The predicted octanol–water partition coefficient (Wildman–Crippen LogP) is 3.51. The molecule has 0 amide bonds. The van der Waals surface area contributed by atoms with Gasteiger partial charge < -0.3 is 9.47 Å². The van der Waals surface area contributed by atoms with E-state index in [9.17, 15) is 14.9 Å². The molecule has 1 saturated heterocycles. The first-order valence-corrected chi connectivity index (χ1v) is 7.51. The number of ether oxygens (including phenoxy) is 2. The lowest BCUT2D eigenvalue weighted by Gasteiger charge is -2.23. The van der Waals surface area contributed by atoms with Crippen molar-refractivity contribution in [2.45, 2.75) is 32.3 Å². The molecule has 0 saturated carbocycles. The van der Waals surface area contributed by atoms with Crippen LogP contribution in [0.15, 0.2) is 16.6 Å². The van der Waals surface area contributed by atoms with Gasteiger partial charge in [-0.25, -0.2) is 0 Å². The van der Waals surface area contributed by atoms with Crippen molar-refractivity contribution in [3.8, 4) is 5.75 Å². The van der Waals surface area contributed by atoms with E-state index in [0.29, 0.717) is 11.1 Å². The van der Waals surface area contributed by atoms with E-state index >= 15 is 0 Å². The standard InChI is InChI=1S/C14H16BrNO5/c1-9(17)12-6-10(15)7-13(16(18)19)14(12)21-8-11-4-2-3-5-20-11/h6-7,11H,2-5,8H2,1H3. The SMILES string of the molecule is CC(=O)c1cc(Br)cc([N+](=O)[O-])c1OCC1CCCCO1. The van der Waals surface area contributed by atoms with E-state index in [1.165, 1.54) is 19.1 Å². The van der Waals surface area contributed by atoms with Crippen LogP contribution in [0.4, 0.5) is 5.69 Å². The maximum absolute atomic E-state index is 11.7. The molecule has 1 aliphatic heterocycles. The highest BCUT2D eigenvalue weighted by molar-refractivity contribution is 9.10. The minimum absolute atomic E-state index is 0.0184. The van der Waals surface area contributed by atoms with Gasteiger partial charge >= 0.3 is 5.69 Å². The number of benzene rings is 1. The largest absolute Gasteiger partial charge is 0.484 e. The Balaban J connectivity index is 2.26. The monoisotopic (exact) mass is 357 g/mol. The number of hydrogen-bond acceptors (Lipinski definition) is 5. The Morgan fingerprint density at radius 3 is 2.86 bits per heavy atom. The van der Waals surface area contributed by atoms with Crippen LogP contribution in [-0.2, 0) is 4.74 Å². The van der Waals surface area contributed by atoms with Crippen LogP contribution in [0.25, 0.3) is 0 Å². The zero-order chi connectivity index (χ0) is 15.4. The number of nitrogens with zero attached hydrogens (tertiary/aromatic N) is 1. The Kier molecular flexibility index (Phi) is 5.30. The molecular formula is C14H16BrNO5. The summed E-state index contributed by atoms with van der Waals surface area (Å²) in [6.07, 6.45) is 2.85. The zero-order valence-electron chi connectivity index (χ0n) is 11.6. The second-order valence-electron chi connectivity index (χ2n) is 4.91. The van der Waals surface area contributed by atoms with E-state index in [4.69, 9.17) is 9.47 Å². The van der Waals surface area contributed by atoms with E-state index < -0.39 is 4.92 Å². The van der Waals surface area contributed by atoms with Gasteiger partial charge in [-0.3, -0.25) is 14.9 Å². The number of ketones is 1. The lowest BCUT2D eigenvalue weighted by atomic mass is 10.1. The summed E-state index contributed by atoms with van der Waals surface area (Å²) >= 11 is 3.17. The molecule has 1 fully saturated rings. The molecule has 0 aromatic heterocycles. The molecule has 1 aromatic rings. The zero-order valence-corrected chi connectivity index (χ0v) is 13.2. The van der Waals surface area contributed by atoms with Crippen LogP contribution in [0.2, 0.25) is 0 Å². The Labute approximate surface area is 130 Å². The smallest absolute Gasteiger partial charge is 0.312 e. The minimum Gasteiger partial charge on any atom is -0.484 e. The van der Waals surface area contributed by atoms with E-state index in [2.05, 4.69) is 15.9 Å². The minimum atomic E-state index is -0.547. The van der Waals surface area contributed by atoms with Crippen LogP contribution in [0, 0.1) is 10.1 Å². The molecule has 0 radical (unpaired) electrons. The summed E-state index contributed by atoms with van der Waals surface area (Å²) in [6, 6.07) is 2.87. The quantitative estimate of drug-likeness (QED) is 0.457. The van der Waals surface area contributed by atoms with Crippen LogP contribution in [0.1, 0.15) is 36.5 Å². The van der Waals surface area contributed by atoms with Crippen molar-refractivity contribution in [1.29, 1.82) is 0 Å². The molecule has 114 valence electrons. The first-order valence-electron chi connectivity index (χ1n) is 6.72. The predicted molar refractivity (Wildman–Crippen MR) is 79.9 cm³/mol. The molecule has 0 spiro atoms. The summed E-state index contributed by atoms with van der Waals surface area (Å²) in [5.41, 5.74) is -0.0164. The van der Waals surface area contributed by atoms with Gasteiger partial charge in [0.2, 0.25) is 5.75 Å². The van der Waals surface area contributed by atoms with Crippen molar-refractivity contribution < 1.29 is 19.2 Å². The van der Waals surface area contributed by atoms with E-state index in [1.54, 1.807) is 0 Å². The average Bonchev–Trinajstić information content (AvgIpc) is 2.46. The van der Waals surface area contributed by atoms with Crippen LogP contribution in [0.5, 0.6) is 5.75 Å². The molecule has 6 nitrogen and oxygen atoms in total. The number of rotatable bonds is 5. The lowest BCUT2D eigenvalue weighted by molar-refractivity contribution is -0.386. The van der Waals surface area contributed by atoms with Crippen LogP contribution >= 0.6 is 15.9 Å². The lowest BCUT2D eigenvalue weighted by Crippen LogP contribution is -2.26. The van der Waals surface area contributed by atoms with Crippen molar-refractivity contribution in [3.05, 3.63) is 32.3 Å². The van der Waals surface area contributed by atoms with Gasteiger partial charge in [0.05, 0.1) is 16.6 Å². The Bertz CT molecular complexity index is 519. The molecule has 7 heteroatoms. The van der Waals surface area contributed by atoms with Crippen LogP contribution in [0.3, 0.4) is 0 Å². The molecule has 1 unspecified atom stereocenters. The second kappa shape index (κ2) is 7.00. The van der Waals surface area contributed by atoms with Crippen molar-refractivity contribution in [2.24, 2.45) is 0 Å². The summed E-state index contributed by atoms with van der Waals surface area (Å²) in [4.78, 5) is 22.3. The number of carbonyl (C=O) groups is 1. The Morgan fingerprint density at radius 1 is 1.52 bits per heavy atom. The van der Waals surface area contributed by atoms with Crippen molar-refractivity contribution >= 4 is 27.4 Å². The second-order valence-corrected chi connectivity index (χ2v) is 5.83. The molecular weight excluding hydrogens is 342 g/mol. The van der Waals surface area contributed by atoms with E-state index in [0.717, 1.165) is 19.3 Å². The molecule has 1 heterocycles. The maximum Gasteiger partial charge on any atom is 0.312 e. The number of carbonyl (C=O) groups excluding carboxylic acids is 1. The Morgan fingerprint density at radius 2 is 2.29 bits per heavy atom. The van der Waals surface area contributed by atoms with Crippen LogP contribution < -0.4 is 4.74 Å². The topological polar surface area (TPSA) is 78.7 Å². The number of nitro groups is 1. The highest BCUT2D eigenvalue weighted by Gasteiger charge is 2.25. The molecule has 0 N–H and O–H groups in total. The first-order chi connectivity index (χ1) is 9.99. The van der Waals surface area contributed by atoms with Gasteiger partial charge in [0, 0.05) is 17.1 Å². The van der Waals surface area contributed by atoms with Gasteiger partial charge in [-0.15, -0.1) is 0 Å². The fraction of sp³-hybridized carbons (Fsp3) is 0.500. The Hall–Kier alpha value is -1.47. The third-order valence-corrected chi connectivity index (χ3v) is 3.76. The number of nitro benzene ring substituents is 1. The molecule has 1 aromatic carbocycles. The highest BCUT2D eigenvalue weighted by atomic mass is 79.9. The molecule has 1 aliphatic rings. The fourth-order valence-corrected chi connectivity index (χ4v) is 2.69. The molecule has 21 heavy (non-hydrogen) atoms. The first kappa shape index (κ1) is 15.9.